The number of aliphatic hydroxyl groups is 1. The van der Waals surface area contributed by atoms with Gasteiger partial charge in [-0.05, 0) is 35.2 Å². The third-order valence-corrected chi connectivity index (χ3v) is 3.50. The SMILES string of the molecule is CC(C)C(O)c1ccc2c(c1)Cc1cccnc1O2. The summed E-state index contributed by atoms with van der Waals surface area (Å²) >= 11 is 0. The fourth-order valence-electron chi connectivity index (χ4n) is 2.37. The van der Waals surface area contributed by atoms with Crippen LogP contribution in [0.25, 0.3) is 0 Å². The van der Waals surface area contributed by atoms with Crippen molar-refractivity contribution < 1.29 is 9.84 Å². The molecule has 3 rings (SSSR count). The molecular weight excluding hydrogens is 238 g/mol. The van der Waals surface area contributed by atoms with Crippen LogP contribution in [0.5, 0.6) is 11.6 Å². The molecule has 1 aromatic carbocycles. The Morgan fingerprint density at radius 1 is 1.21 bits per heavy atom. The topological polar surface area (TPSA) is 42.4 Å². The molecule has 0 spiro atoms. The van der Waals surface area contributed by atoms with Gasteiger partial charge >= 0.3 is 0 Å². The quantitative estimate of drug-likeness (QED) is 0.762. The third-order valence-electron chi connectivity index (χ3n) is 3.50. The van der Waals surface area contributed by atoms with Crippen LogP contribution in [0.3, 0.4) is 0 Å². The zero-order chi connectivity index (χ0) is 13.4. The Morgan fingerprint density at radius 2 is 2.05 bits per heavy atom. The summed E-state index contributed by atoms with van der Waals surface area (Å²) in [6, 6.07) is 9.83. The molecule has 1 aliphatic heterocycles. The Hall–Kier alpha value is -1.87. The number of pyridine rings is 1. The van der Waals surface area contributed by atoms with Crippen molar-refractivity contribution in [1.29, 1.82) is 0 Å². The van der Waals surface area contributed by atoms with Crippen molar-refractivity contribution in [2.24, 2.45) is 5.92 Å². The second kappa shape index (κ2) is 4.67. The van der Waals surface area contributed by atoms with E-state index < -0.39 is 6.10 Å². The second-order valence-electron chi connectivity index (χ2n) is 5.30. The number of aromatic nitrogens is 1. The summed E-state index contributed by atoms with van der Waals surface area (Å²) in [4.78, 5) is 4.23. The number of aliphatic hydroxyl groups excluding tert-OH is 1. The lowest BCUT2D eigenvalue weighted by atomic mass is 9.94. The van der Waals surface area contributed by atoms with E-state index in [1.54, 1.807) is 6.20 Å². The maximum absolute atomic E-state index is 10.1. The molecule has 0 amide bonds. The first kappa shape index (κ1) is 12.2. The molecule has 0 saturated carbocycles. The van der Waals surface area contributed by atoms with E-state index in [2.05, 4.69) is 4.98 Å². The van der Waals surface area contributed by atoms with Crippen LogP contribution in [0, 0.1) is 5.92 Å². The first-order chi connectivity index (χ1) is 9.15. The molecule has 2 heterocycles. The summed E-state index contributed by atoms with van der Waals surface area (Å²) < 4.78 is 5.78. The minimum absolute atomic E-state index is 0.205. The molecule has 0 aliphatic carbocycles. The van der Waals surface area contributed by atoms with E-state index in [0.29, 0.717) is 5.88 Å². The van der Waals surface area contributed by atoms with Crippen LogP contribution in [0.1, 0.15) is 36.6 Å². The highest BCUT2D eigenvalue weighted by Gasteiger charge is 2.20. The molecule has 98 valence electrons. The van der Waals surface area contributed by atoms with Gasteiger partial charge in [0.2, 0.25) is 5.88 Å². The number of nitrogens with zero attached hydrogens (tertiary/aromatic N) is 1. The van der Waals surface area contributed by atoms with Crippen LogP contribution in [-0.2, 0) is 6.42 Å². The molecule has 0 radical (unpaired) electrons. The number of fused-ring (bicyclic) bond motifs is 2. The minimum atomic E-state index is -0.430. The molecule has 1 atom stereocenters. The first-order valence-electron chi connectivity index (χ1n) is 6.58. The van der Waals surface area contributed by atoms with E-state index in [0.717, 1.165) is 28.9 Å². The van der Waals surface area contributed by atoms with Crippen molar-refractivity contribution in [3.8, 4) is 11.6 Å². The van der Waals surface area contributed by atoms with Crippen molar-refractivity contribution >= 4 is 0 Å². The number of rotatable bonds is 2. The predicted octanol–water partition coefficient (Wildman–Crippen LogP) is 3.47. The van der Waals surface area contributed by atoms with Gasteiger partial charge in [0, 0.05) is 18.2 Å². The van der Waals surface area contributed by atoms with Crippen molar-refractivity contribution in [3.63, 3.8) is 0 Å². The molecule has 3 nitrogen and oxygen atoms in total. The fraction of sp³-hybridized carbons (Fsp3) is 0.312. The van der Waals surface area contributed by atoms with Gasteiger partial charge < -0.3 is 9.84 Å². The lowest BCUT2D eigenvalue weighted by Gasteiger charge is -2.21. The fourth-order valence-corrected chi connectivity index (χ4v) is 2.37. The molecule has 2 aromatic rings. The van der Waals surface area contributed by atoms with Crippen molar-refractivity contribution in [3.05, 3.63) is 53.2 Å². The van der Waals surface area contributed by atoms with E-state index in [1.165, 1.54) is 0 Å². The van der Waals surface area contributed by atoms with Gasteiger partial charge in [-0.1, -0.05) is 26.0 Å². The van der Waals surface area contributed by atoms with Crippen molar-refractivity contribution in [1.82, 2.24) is 4.98 Å². The van der Waals surface area contributed by atoms with Gasteiger partial charge in [0.05, 0.1) is 6.10 Å². The Morgan fingerprint density at radius 3 is 2.84 bits per heavy atom. The predicted molar refractivity (Wildman–Crippen MR) is 73.4 cm³/mol. The summed E-state index contributed by atoms with van der Waals surface area (Å²) in [5.41, 5.74) is 3.15. The lowest BCUT2D eigenvalue weighted by Crippen LogP contribution is -2.09. The standard InChI is InChI=1S/C16H17NO2/c1-10(2)15(18)11-5-6-14-13(8-11)9-12-4-3-7-17-16(12)19-14/h3-8,10,15,18H,9H2,1-2H3. The summed E-state index contributed by atoms with van der Waals surface area (Å²) in [7, 11) is 0. The molecule has 0 fully saturated rings. The van der Waals surface area contributed by atoms with Crippen LogP contribution in [-0.4, -0.2) is 10.1 Å². The van der Waals surface area contributed by atoms with Gasteiger partial charge in [-0.2, -0.15) is 0 Å². The number of hydrogen-bond donors (Lipinski definition) is 1. The van der Waals surface area contributed by atoms with Gasteiger partial charge in [0.1, 0.15) is 5.75 Å². The minimum Gasteiger partial charge on any atom is -0.438 e. The molecule has 3 heteroatoms. The van der Waals surface area contributed by atoms with Gasteiger partial charge in [-0.15, -0.1) is 0 Å². The van der Waals surface area contributed by atoms with E-state index in [1.807, 2.05) is 44.2 Å². The Kier molecular flexibility index (Phi) is 2.99. The smallest absolute Gasteiger partial charge is 0.222 e. The normalized spacial score (nSPS) is 14.5. The Balaban J connectivity index is 1.96. The summed E-state index contributed by atoms with van der Waals surface area (Å²) in [5, 5.41) is 10.1. The molecular formula is C16H17NO2. The van der Waals surface area contributed by atoms with E-state index in [4.69, 9.17) is 4.74 Å². The average molecular weight is 255 g/mol. The molecule has 1 aromatic heterocycles. The molecule has 0 bridgehead atoms. The van der Waals surface area contributed by atoms with Crippen LogP contribution in [0.4, 0.5) is 0 Å². The number of benzene rings is 1. The molecule has 19 heavy (non-hydrogen) atoms. The molecule has 0 saturated heterocycles. The first-order valence-corrected chi connectivity index (χ1v) is 6.58. The van der Waals surface area contributed by atoms with E-state index in [9.17, 15) is 5.11 Å². The van der Waals surface area contributed by atoms with Gasteiger partial charge in [0.15, 0.2) is 0 Å². The van der Waals surface area contributed by atoms with Crippen LogP contribution in [0.15, 0.2) is 36.5 Å². The van der Waals surface area contributed by atoms with Crippen LogP contribution >= 0.6 is 0 Å². The summed E-state index contributed by atoms with van der Waals surface area (Å²) in [5.74, 6) is 1.73. The highest BCUT2D eigenvalue weighted by atomic mass is 16.5. The largest absolute Gasteiger partial charge is 0.438 e. The van der Waals surface area contributed by atoms with Gasteiger partial charge in [-0.25, -0.2) is 4.98 Å². The van der Waals surface area contributed by atoms with E-state index >= 15 is 0 Å². The van der Waals surface area contributed by atoms with Gasteiger partial charge in [-0.3, -0.25) is 0 Å². The monoisotopic (exact) mass is 255 g/mol. The van der Waals surface area contributed by atoms with E-state index in [-0.39, 0.29) is 5.92 Å². The lowest BCUT2D eigenvalue weighted by molar-refractivity contribution is 0.127. The molecule has 1 unspecified atom stereocenters. The molecule has 1 N–H and O–H groups in total. The number of hydrogen-bond acceptors (Lipinski definition) is 3. The molecule has 1 aliphatic rings. The highest BCUT2D eigenvalue weighted by Crippen LogP contribution is 2.36. The second-order valence-corrected chi connectivity index (χ2v) is 5.30. The zero-order valence-electron chi connectivity index (χ0n) is 11.1. The van der Waals surface area contributed by atoms with Gasteiger partial charge in [0.25, 0.3) is 0 Å². The van der Waals surface area contributed by atoms with Crippen molar-refractivity contribution in [2.75, 3.05) is 0 Å². The summed E-state index contributed by atoms with van der Waals surface area (Å²) in [6.45, 7) is 4.03. The maximum atomic E-state index is 10.1. The highest BCUT2D eigenvalue weighted by molar-refractivity contribution is 5.48. The van der Waals surface area contributed by atoms with Crippen LogP contribution < -0.4 is 4.74 Å². The third kappa shape index (κ3) is 2.22. The maximum Gasteiger partial charge on any atom is 0.222 e. The van der Waals surface area contributed by atoms with Crippen molar-refractivity contribution in [2.45, 2.75) is 26.4 Å². The Labute approximate surface area is 112 Å². The zero-order valence-corrected chi connectivity index (χ0v) is 11.1. The van der Waals surface area contributed by atoms with Crippen LogP contribution in [0.2, 0.25) is 0 Å². The summed E-state index contributed by atoms with van der Waals surface area (Å²) in [6.07, 6.45) is 2.11. The average Bonchev–Trinajstić information content (AvgIpc) is 2.43. The number of ether oxygens (including phenoxy) is 1. The Bertz CT molecular complexity index is 607.